The molecule has 0 aliphatic carbocycles. The van der Waals surface area contributed by atoms with E-state index in [1.807, 2.05) is 37.3 Å². The van der Waals surface area contributed by atoms with Crippen LogP contribution in [0.2, 0.25) is 0 Å². The van der Waals surface area contributed by atoms with Crippen LogP contribution in [0, 0.1) is 0 Å². The van der Waals surface area contributed by atoms with Gasteiger partial charge in [-0.2, -0.15) is 0 Å². The van der Waals surface area contributed by atoms with Crippen LogP contribution in [0.4, 0.5) is 0 Å². The summed E-state index contributed by atoms with van der Waals surface area (Å²) in [6.07, 6.45) is 3.10. The van der Waals surface area contributed by atoms with E-state index in [4.69, 9.17) is 0 Å². The van der Waals surface area contributed by atoms with Crippen molar-refractivity contribution < 1.29 is 19.2 Å². The Morgan fingerprint density at radius 3 is 2.41 bits per heavy atom. The summed E-state index contributed by atoms with van der Waals surface area (Å²) in [7, 11) is 0. The molecule has 1 aromatic carbocycles. The van der Waals surface area contributed by atoms with E-state index in [1.54, 1.807) is 6.92 Å². The highest BCUT2D eigenvalue weighted by molar-refractivity contribution is 5.92. The molecular weight excluding hydrogens is 346 g/mol. The second kappa shape index (κ2) is 12.6. The van der Waals surface area contributed by atoms with Crippen molar-refractivity contribution in [1.29, 1.82) is 0 Å². The maximum atomic E-state index is 12.6. The quantitative estimate of drug-likeness (QED) is 0.376. The Labute approximate surface area is 160 Å². The Hall–Kier alpha value is -2.70. The summed E-state index contributed by atoms with van der Waals surface area (Å²) >= 11 is 0. The average Bonchev–Trinajstić information content (AvgIpc) is 2.65. The fourth-order valence-electron chi connectivity index (χ4n) is 2.48. The van der Waals surface area contributed by atoms with Gasteiger partial charge in [0.25, 0.3) is 0 Å². The third kappa shape index (κ3) is 8.99. The average molecular weight is 375 g/mol. The van der Waals surface area contributed by atoms with Crippen LogP contribution in [0.15, 0.2) is 30.3 Å². The predicted octanol–water partition coefficient (Wildman–Crippen LogP) is 1.11. The van der Waals surface area contributed by atoms with Gasteiger partial charge in [0, 0.05) is 25.8 Å². The maximum absolute atomic E-state index is 12.6. The van der Waals surface area contributed by atoms with Crippen LogP contribution in [0.3, 0.4) is 0 Å². The molecule has 2 atom stereocenters. The number of carbonyl (C=O) groups excluding carboxylic acids is 4. The lowest BCUT2D eigenvalue weighted by Crippen LogP contribution is -2.53. The number of benzene rings is 1. The van der Waals surface area contributed by atoms with Gasteiger partial charge in [-0.3, -0.25) is 14.4 Å². The minimum absolute atomic E-state index is 0.195. The zero-order valence-electron chi connectivity index (χ0n) is 16.0. The number of aldehydes is 1. The second-order valence-corrected chi connectivity index (χ2v) is 6.39. The first-order valence-corrected chi connectivity index (χ1v) is 9.33. The fraction of sp³-hybridized carbons (Fsp3) is 0.500. The molecule has 0 aromatic heterocycles. The number of hydrogen-bond donors (Lipinski definition) is 3. The van der Waals surface area contributed by atoms with E-state index in [0.29, 0.717) is 38.6 Å². The Morgan fingerprint density at radius 2 is 1.78 bits per heavy atom. The van der Waals surface area contributed by atoms with E-state index in [0.717, 1.165) is 11.8 Å². The molecule has 0 spiro atoms. The van der Waals surface area contributed by atoms with E-state index in [-0.39, 0.29) is 11.8 Å². The fourth-order valence-corrected chi connectivity index (χ4v) is 2.48. The number of rotatable bonds is 12. The van der Waals surface area contributed by atoms with Crippen molar-refractivity contribution in [2.45, 2.75) is 58.0 Å². The van der Waals surface area contributed by atoms with E-state index in [1.165, 1.54) is 0 Å². The van der Waals surface area contributed by atoms with Gasteiger partial charge in [0.2, 0.25) is 17.7 Å². The minimum atomic E-state index is -0.753. The summed E-state index contributed by atoms with van der Waals surface area (Å²) < 4.78 is 0. The molecule has 0 fully saturated rings. The van der Waals surface area contributed by atoms with Gasteiger partial charge in [0.1, 0.15) is 18.4 Å². The van der Waals surface area contributed by atoms with E-state index in [9.17, 15) is 19.2 Å². The van der Waals surface area contributed by atoms with Gasteiger partial charge in [-0.25, -0.2) is 0 Å². The minimum Gasteiger partial charge on any atom is -0.354 e. The zero-order chi connectivity index (χ0) is 20.1. The Morgan fingerprint density at radius 1 is 1.07 bits per heavy atom. The summed E-state index contributed by atoms with van der Waals surface area (Å²) in [6, 6.07) is 7.89. The van der Waals surface area contributed by atoms with Gasteiger partial charge >= 0.3 is 0 Å². The molecule has 0 radical (unpaired) electrons. The number of nitrogens with one attached hydrogen (secondary N) is 3. The highest BCUT2D eigenvalue weighted by Gasteiger charge is 2.24. The molecule has 3 amide bonds. The highest BCUT2D eigenvalue weighted by Crippen LogP contribution is 2.05. The van der Waals surface area contributed by atoms with Gasteiger partial charge in [0.15, 0.2) is 0 Å². The number of hydrogen-bond acceptors (Lipinski definition) is 4. The molecule has 7 heteroatoms. The van der Waals surface area contributed by atoms with Crippen molar-refractivity contribution in [3.05, 3.63) is 35.9 Å². The monoisotopic (exact) mass is 375 g/mol. The lowest BCUT2D eigenvalue weighted by Gasteiger charge is -2.21. The molecule has 0 aliphatic rings. The molecule has 3 N–H and O–H groups in total. The standard InChI is InChI=1S/C20H29N3O4/c1-3-9-18(25)23-17(14-16-10-5-4-6-11-16)20(27)22-15(2)19(26)21-12-7-8-13-24/h4-6,10-11,13,15,17H,3,7-9,12,14H2,1-2H3,(H,21,26)(H,22,27)(H,23,25)/t15-,17-/m1/s1. The van der Waals surface area contributed by atoms with Crippen LogP contribution >= 0.6 is 0 Å². The third-order valence-electron chi connectivity index (χ3n) is 3.96. The van der Waals surface area contributed by atoms with Crippen LogP contribution in [0.5, 0.6) is 0 Å². The van der Waals surface area contributed by atoms with Crippen LogP contribution in [0.1, 0.15) is 45.1 Å². The number of amides is 3. The van der Waals surface area contributed by atoms with Crippen LogP contribution in [-0.2, 0) is 25.6 Å². The van der Waals surface area contributed by atoms with Crippen molar-refractivity contribution in [2.24, 2.45) is 0 Å². The molecule has 0 bridgehead atoms. The first kappa shape index (κ1) is 22.3. The third-order valence-corrected chi connectivity index (χ3v) is 3.96. The molecule has 1 aromatic rings. The molecule has 0 unspecified atom stereocenters. The summed E-state index contributed by atoms with van der Waals surface area (Å²) in [6.45, 7) is 3.85. The van der Waals surface area contributed by atoms with Crippen LogP contribution in [0.25, 0.3) is 0 Å². The smallest absolute Gasteiger partial charge is 0.243 e. The van der Waals surface area contributed by atoms with E-state index < -0.39 is 18.0 Å². The molecular formula is C20H29N3O4. The molecule has 0 heterocycles. The van der Waals surface area contributed by atoms with Gasteiger partial charge in [-0.15, -0.1) is 0 Å². The lowest BCUT2D eigenvalue weighted by atomic mass is 10.0. The normalized spacial score (nSPS) is 12.5. The first-order valence-electron chi connectivity index (χ1n) is 9.33. The molecule has 0 saturated carbocycles. The topological polar surface area (TPSA) is 104 Å². The van der Waals surface area contributed by atoms with Gasteiger partial charge in [-0.1, -0.05) is 37.3 Å². The summed E-state index contributed by atoms with van der Waals surface area (Å²) in [5, 5.41) is 8.07. The SMILES string of the molecule is CCCC(=O)N[C@H](Cc1ccccc1)C(=O)N[C@H](C)C(=O)NCCCC=O. The Kier molecular flexibility index (Phi) is 10.4. The Bertz CT molecular complexity index is 619. The number of carbonyl (C=O) groups is 4. The van der Waals surface area contributed by atoms with E-state index in [2.05, 4.69) is 16.0 Å². The molecule has 0 saturated heterocycles. The maximum Gasteiger partial charge on any atom is 0.243 e. The first-order chi connectivity index (χ1) is 13.0. The zero-order valence-corrected chi connectivity index (χ0v) is 16.0. The van der Waals surface area contributed by atoms with Crippen LogP contribution < -0.4 is 16.0 Å². The van der Waals surface area contributed by atoms with Gasteiger partial charge < -0.3 is 20.7 Å². The van der Waals surface area contributed by atoms with Crippen molar-refractivity contribution >= 4 is 24.0 Å². The second-order valence-electron chi connectivity index (χ2n) is 6.39. The lowest BCUT2D eigenvalue weighted by molar-refractivity contribution is -0.131. The molecule has 7 nitrogen and oxygen atoms in total. The predicted molar refractivity (Wildman–Crippen MR) is 103 cm³/mol. The summed E-state index contributed by atoms with van der Waals surface area (Å²) in [5.74, 6) is -0.925. The van der Waals surface area contributed by atoms with Crippen LogP contribution in [-0.4, -0.2) is 42.6 Å². The largest absolute Gasteiger partial charge is 0.354 e. The van der Waals surface area contributed by atoms with Gasteiger partial charge in [-0.05, 0) is 25.3 Å². The molecule has 148 valence electrons. The molecule has 27 heavy (non-hydrogen) atoms. The summed E-state index contributed by atoms with van der Waals surface area (Å²) in [5.41, 5.74) is 0.917. The molecule has 1 rings (SSSR count). The molecule has 0 aliphatic heterocycles. The van der Waals surface area contributed by atoms with Crippen molar-refractivity contribution in [1.82, 2.24) is 16.0 Å². The van der Waals surface area contributed by atoms with E-state index >= 15 is 0 Å². The van der Waals surface area contributed by atoms with Crippen molar-refractivity contribution in [3.8, 4) is 0 Å². The number of unbranched alkanes of at least 4 members (excludes halogenated alkanes) is 1. The Balaban J connectivity index is 2.66. The van der Waals surface area contributed by atoms with Crippen molar-refractivity contribution in [2.75, 3.05) is 6.54 Å². The summed E-state index contributed by atoms with van der Waals surface area (Å²) in [4.78, 5) is 46.9. The highest BCUT2D eigenvalue weighted by atomic mass is 16.2. The van der Waals surface area contributed by atoms with Crippen molar-refractivity contribution in [3.63, 3.8) is 0 Å². The van der Waals surface area contributed by atoms with Gasteiger partial charge in [0.05, 0.1) is 0 Å².